The van der Waals surface area contributed by atoms with Gasteiger partial charge in [-0.1, -0.05) is 0 Å². The minimum Gasteiger partial charge on any atom is -0.378 e. The molecule has 2 N–H and O–H groups in total. The molecule has 0 aromatic heterocycles. The molecule has 1 aliphatic heterocycles. The molecule has 0 unspecified atom stereocenters. The highest BCUT2D eigenvalue weighted by Crippen LogP contribution is 2.12. The maximum Gasteiger partial charge on any atom is 0.191 e. The Morgan fingerprint density at radius 2 is 2.07 bits per heavy atom. The van der Waals surface area contributed by atoms with Crippen LogP contribution in [0.5, 0.6) is 0 Å². The lowest BCUT2D eigenvalue weighted by Crippen LogP contribution is -2.44. The van der Waals surface area contributed by atoms with Crippen LogP contribution in [0, 0.1) is 0 Å². The number of hydrogen-bond donors (Lipinski definition) is 1. The van der Waals surface area contributed by atoms with Gasteiger partial charge in [0, 0.05) is 26.2 Å². The summed E-state index contributed by atoms with van der Waals surface area (Å²) in [5, 5.41) is 0. The van der Waals surface area contributed by atoms with Crippen LogP contribution in [0.4, 0.5) is 0 Å². The van der Waals surface area contributed by atoms with Crippen LogP contribution in [0.3, 0.4) is 0 Å². The average molecular weight is 199 g/mol. The number of nitrogens with two attached hydrogens (primary N) is 1. The number of guanidine groups is 1. The molecule has 0 amide bonds. The number of rotatable bonds is 3. The lowest BCUT2D eigenvalue weighted by atomic mass is 10.1. The van der Waals surface area contributed by atoms with Crippen molar-refractivity contribution in [3.05, 3.63) is 0 Å². The number of piperidine rings is 1. The molecule has 82 valence electrons. The molecule has 0 spiro atoms. The average Bonchev–Trinajstić information content (AvgIpc) is 2.20. The molecular weight excluding hydrogens is 178 g/mol. The van der Waals surface area contributed by atoms with Crippen LogP contribution in [0.1, 0.15) is 26.7 Å². The fourth-order valence-electron chi connectivity index (χ4n) is 1.75. The molecule has 0 bridgehead atoms. The van der Waals surface area contributed by atoms with Gasteiger partial charge in [0.25, 0.3) is 0 Å². The first-order valence-corrected chi connectivity index (χ1v) is 5.44. The van der Waals surface area contributed by atoms with Gasteiger partial charge in [0.05, 0.1) is 6.10 Å². The van der Waals surface area contributed by atoms with E-state index in [9.17, 15) is 0 Å². The summed E-state index contributed by atoms with van der Waals surface area (Å²) in [4.78, 5) is 6.34. The number of hydrogen-bond acceptors (Lipinski definition) is 2. The minimum absolute atomic E-state index is 0.422. The van der Waals surface area contributed by atoms with Crippen LogP contribution < -0.4 is 5.73 Å². The van der Waals surface area contributed by atoms with Crippen molar-refractivity contribution in [1.29, 1.82) is 0 Å². The number of ether oxygens (including phenoxy) is 1. The minimum atomic E-state index is 0.422. The zero-order valence-corrected chi connectivity index (χ0v) is 9.20. The fourth-order valence-corrected chi connectivity index (χ4v) is 1.75. The van der Waals surface area contributed by atoms with E-state index in [-0.39, 0.29) is 0 Å². The molecule has 0 aromatic carbocycles. The molecule has 0 aliphatic carbocycles. The molecule has 4 heteroatoms. The molecule has 1 fully saturated rings. The van der Waals surface area contributed by atoms with Crippen LogP contribution in [0.25, 0.3) is 0 Å². The third kappa shape index (κ3) is 3.18. The molecule has 1 saturated heterocycles. The molecule has 0 saturated carbocycles. The molecule has 0 atom stereocenters. The summed E-state index contributed by atoms with van der Waals surface area (Å²) in [7, 11) is 0. The predicted octanol–water partition coefficient (Wildman–Crippen LogP) is 0.822. The second-order valence-electron chi connectivity index (χ2n) is 3.47. The van der Waals surface area contributed by atoms with Gasteiger partial charge >= 0.3 is 0 Å². The van der Waals surface area contributed by atoms with Crippen LogP contribution in [0.2, 0.25) is 0 Å². The Bertz CT molecular complexity index is 186. The third-order valence-corrected chi connectivity index (χ3v) is 2.49. The summed E-state index contributed by atoms with van der Waals surface area (Å²) in [5.41, 5.74) is 5.81. The molecule has 0 radical (unpaired) electrons. The standard InChI is InChI=1S/C10H21N3O/c1-3-12-10(11)13-7-5-9(6-8-13)14-4-2/h9H,3-8H2,1-2H3,(H2,11,12). The zero-order chi connectivity index (χ0) is 10.4. The van der Waals surface area contributed by atoms with E-state index in [2.05, 4.69) is 9.89 Å². The first-order valence-electron chi connectivity index (χ1n) is 5.44. The third-order valence-electron chi connectivity index (χ3n) is 2.49. The second kappa shape index (κ2) is 5.86. The first kappa shape index (κ1) is 11.3. The largest absolute Gasteiger partial charge is 0.378 e. The molecule has 0 aromatic rings. The van der Waals surface area contributed by atoms with Crippen molar-refractivity contribution < 1.29 is 4.74 Å². The summed E-state index contributed by atoms with van der Waals surface area (Å²) in [6, 6.07) is 0. The lowest BCUT2D eigenvalue weighted by Gasteiger charge is -2.32. The van der Waals surface area contributed by atoms with E-state index in [1.54, 1.807) is 0 Å². The highest BCUT2D eigenvalue weighted by Gasteiger charge is 2.19. The van der Waals surface area contributed by atoms with Crippen LogP contribution in [-0.2, 0) is 4.74 Å². The number of aliphatic imine (C=N–C) groups is 1. The summed E-state index contributed by atoms with van der Waals surface area (Å²) in [6.07, 6.45) is 2.55. The zero-order valence-electron chi connectivity index (χ0n) is 9.20. The van der Waals surface area contributed by atoms with Gasteiger partial charge in [-0.3, -0.25) is 4.99 Å². The van der Waals surface area contributed by atoms with Crippen molar-refractivity contribution >= 4 is 5.96 Å². The van der Waals surface area contributed by atoms with E-state index >= 15 is 0 Å². The summed E-state index contributed by atoms with van der Waals surface area (Å²) in [5.74, 6) is 0.683. The maximum absolute atomic E-state index is 5.81. The topological polar surface area (TPSA) is 50.8 Å². The Kier molecular flexibility index (Phi) is 4.73. The Hall–Kier alpha value is -0.770. The first-order chi connectivity index (χ1) is 6.77. The molecular formula is C10H21N3O. The Balaban J connectivity index is 2.31. The van der Waals surface area contributed by atoms with Gasteiger partial charge in [-0.2, -0.15) is 0 Å². The van der Waals surface area contributed by atoms with Crippen molar-refractivity contribution in [2.45, 2.75) is 32.8 Å². The van der Waals surface area contributed by atoms with Gasteiger partial charge in [0.2, 0.25) is 0 Å². The Morgan fingerprint density at radius 3 is 2.57 bits per heavy atom. The van der Waals surface area contributed by atoms with E-state index < -0.39 is 0 Å². The van der Waals surface area contributed by atoms with Crippen molar-refractivity contribution in [2.75, 3.05) is 26.2 Å². The Labute approximate surface area is 86.1 Å². The van der Waals surface area contributed by atoms with Gasteiger partial charge in [-0.15, -0.1) is 0 Å². The van der Waals surface area contributed by atoms with Gasteiger partial charge in [-0.25, -0.2) is 0 Å². The second-order valence-corrected chi connectivity index (χ2v) is 3.47. The van der Waals surface area contributed by atoms with Gasteiger partial charge in [0.1, 0.15) is 0 Å². The molecule has 1 aliphatic rings. The maximum atomic E-state index is 5.81. The van der Waals surface area contributed by atoms with Crippen LogP contribution >= 0.6 is 0 Å². The number of likely N-dealkylation sites (tertiary alicyclic amines) is 1. The van der Waals surface area contributed by atoms with Crippen molar-refractivity contribution in [1.82, 2.24) is 4.90 Å². The van der Waals surface area contributed by atoms with Gasteiger partial charge < -0.3 is 15.4 Å². The van der Waals surface area contributed by atoms with E-state index in [0.717, 1.165) is 39.1 Å². The normalized spacial score (nSPS) is 20.1. The lowest BCUT2D eigenvalue weighted by molar-refractivity contribution is 0.0267. The molecule has 14 heavy (non-hydrogen) atoms. The van der Waals surface area contributed by atoms with Crippen molar-refractivity contribution in [2.24, 2.45) is 10.7 Å². The highest BCUT2D eigenvalue weighted by atomic mass is 16.5. The molecule has 1 heterocycles. The quantitative estimate of drug-likeness (QED) is 0.541. The smallest absolute Gasteiger partial charge is 0.191 e. The summed E-state index contributed by atoms with van der Waals surface area (Å²) in [6.45, 7) is 7.56. The van der Waals surface area contributed by atoms with Crippen LogP contribution in [-0.4, -0.2) is 43.2 Å². The summed E-state index contributed by atoms with van der Waals surface area (Å²) >= 11 is 0. The fraction of sp³-hybridized carbons (Fsp3) is 0.900. The predicted molar refractivity (Wildman–Crippen MR) is 58.4 cm³/mol. The highest BCUT2D eigenvalue weighted by molar-refractivity contribution is 5.78. The van der Waals surface area contributed by atoms with Gasteiger partial charge in [-0.05, 0) is 26.7 Å². The molecule has 1 rings (SSSR count). The van der Waals surface area contributed by atoms with Crippen molar-refractivity contribution in [3.8, 4) is 0 Å². The SMILES string of the molecule is CCN=C(N)N1CCC(OCC)CC1. The van der Waals surface area contributed by atoms with E-state index in [1.165, 1.54) is 0 Å². The van der Waals surface area contributed by atoms with Crippen LogP contribution in [0.15, 0.2) is 4.99 Å². The van der Waals surface area contributed by atoms with Gasteiger partial charge in [0.15, 0.2) is 5.96 Å². The monoisotopic (exact) mass is 199 g/mol. The Morgan fingerprint density at radius 1 is 1.43 bits per heavy atom. The van der Waals surface area contributed by atoms with Crippen molar-refractivity contribution in [3.63, 3.8) is 0 Å². The molecule has 4 nitrogen and oxygen atoms in total. The number of nitrogens with zero attached hydrogens (tertiary/aromatic N) is 2. The summed E-state index contributed by atoms with van der Waals surface area (Å²) < 4.78 is 5.56. The van der Waals surface area contributed by atoms with E-state index in [0.29, 0.717) is 12.1 Å². The van der Waals surface area contributed by atoms with E-state index in [4.69, 9.17) is 10.5 Å². The van der Waals surface area contributed by atoms with E-state index in [1.807, 2.05) is 13.8 Å².